The summed E-state index contributed by atoms with van der Waals surface area (Å²) < 4.78 is 50.3. The molecule has 0 saturated carbocycles. The SMILES string of the molecule is C[C@@H]1OCc2c1c(N)nc1ccc(C(=O)N(Cc3ccc(C(F)(F)F)cn3)[C@@H]3CCOC[C@H]3C)cc21. The number of ether oxygens (including phenoxy) is 2. The van der Waals surface area contributed by atoms with Crippen molar-refractivity contribution in [2.24, 2.45) is 5.92 Å². The van der Waals surface area contributed by atoms with Gasteiger partial charge in [0.15, 0.2) is 0 Å². The van der Waals surface area contributed by atoms with E-state index in [-0.39, 0.29) is 30.5 Å². The van der Waals surface area contributed by atoms with Crippen molar-refractivity contribution in [1.82, 2.24) is 14.9 Å². The monoisotopic (exact) mass is 500 g/mol. The summed E-state index contributed by atoms with van der Waals surface area (Å²) in [6.45, 7) is 5.39. The van der Waals surface area contributed by atoms with Crippen LogP contribution in [-0.4, -0.2) is 40.0 Å². The van der Waals surface area contributed by atoms with Crippen molar-refractivity contribution in [1.29, 1.82) is 0 Å². The standard InChI is InChI=1S/C26H27F3N4O3/c1-14-12-35-8-7-22(14)33(11-18-5-4-17(10-31-18)26(27,28)29)25(34)16-3-6-21-19(9-16)20-13-36-15(2)23(20)24(30)32-21/h3-6,9-10,14-15,22H,7-8,11-13H2,1-2H3,(H2,30,32)/t14-,15+,22-/m1/s1. The van der Waals surface area contributed by atoms with E-state index < -0.39 is 11.7 Å². The number of rotatable bonds is 4. The van der Waals surface area contributed by atoms with Crippen LogP contribution in [0.5, 0.6) is 0 Å². The van der Waals surface area contributed by atoms with Gasteiger partial charge in [0, 0.05) is 41.3 Å². The van der Waals surface area contributed by atoms with Crippen LogP contribution in [0.25, 0.3) is 10.9 Å². The largest absolute Gasteiger partial charge is 0.417 e. The minimum Gasteiger partial charge on any atom is -0.383 e. The number of nitrogens with zero attached hydrogens (tertiary/aromatic N) is 3. The van der Waals surface area contributed by atoms with Gasteiger partial charge in [-0.3, -0.25) is 9.78 Å². The molecule has 0 aliphatic carbocycles. The lowest BCUT2D eigenvalue weighted by Gasteiger charge is -2.38. The summed E-state index contributed by atoms with van der Waals surface area (Å²) in [6.07, 6.45) is -3.22. The summed E-state index contributed by atoms with van der Waals surface area (Å²) in [6, 6.07) is 7.46. The van der Waals surface area contributed by atoms with Crippen molar-refractivity contribution in [2.75, 3.05) is 18.9 Å². The zero-order chi connectivity index (χ0) is 25.6. The first-order valence-electron chi connectivity index (χ1n) is 11.9. The molecular weight excluding hydrogens is 473 g/mol. The first kappa shape index (κ1) is 24.5. The molecule has 0 bridgehead atoms. The molecule has 10 heteroatoms. The van der Waals surface area contributed by atoms with Crippen molar-refractivity contribution in [3.8, 4) is 0 Å². The van der Waals surface area contributed by atoms with Crippen LogP contribution in [0.15, 0.2) is 36.5 Å². The molecule has 1 fully saturated rings. The minimum absolute atomic E-state index is 0.0533. The summed E-state index contributed by atoms with van der Waals surface area (Å²) in [5.74, 6) is 0.250. The highest BCUT2D eigenvalue weighted by Gasteiger charge is 2.34. The fourth-order valence-electron chi connectivity index (χ4n) is 5.10. The number of amides is 1. The van der Waals surface area contributed by atoms with Crippen LogP contribution in [0.4, 0.5) is 19.0 Å². The average Bonchev–Trinajstić information content (AvgIpc) is 3.25. The van der Waals surface area contributed by atoms with Crippen LogP contribution in [0, 0.1) is 5.92 Å². The maximum atomic E-state index is 13.9. The molecule has 3 atom stereocenters. The summed E-state index contributed by atoms with van der Waals surface area (Å²) >= 11 is 0. The van der Waals surface area contributed by atoms with Crippen LogP contribution in [0.1, 0.15) is 59.1 Å². The number of carbonyl (C=O) groups is 1. The van der Waals surface area contributed by atoms with Gasteiger partial charge in [0.25, 0.3) is 5.91 Å². The van der Waals surface area contributed by atoms with Gasteiger partial charge in [0.05, 0.1) is 42.6 Å². The number of carbonyl (C=O) groups excluding carboxylic acids is 1. The number of halogens is 3. The summed E-state index contributed by atoms with van der Waals surface area (Å²) in [5, 5.41) is 0.807. The van der Waals surface area contributed by atoms with Gasteiger partial charge in [-0.05, 0) is 49.2 Å². The number of pyridine rings is 2. The highest BCUT2D eigenvalue weighted by atomic mass is 19.4. The van der Waals surface area contributed by atoms with Crippen molar-refractivity contribution in [2.45, 2.75) is 51.7 Å². The Kier molecular flexibility index (Phi) is 6.34. The van der Waals surface area contributed by atoms with E-state index in [1.54, 1.807) is 17.0 Å². The highest BCUT2D eigenvalue weighted by Crippen LogP contribution is 2.38. The Bertz CT molecular complexity index is 1300. The number of alkyl halides is 3. The average molecular weight is 501 g/mol. The Hall–Kier alpha value is -3.24. The van der Waals surface area contributed by atoms with Crippen molar-refractivity contribution in [3.63, 3.8) is 0 Å². The molecule has 0 unspecified atom stereocenters. The Morgan fingerprint density at radius 3 is 2.72 bits per heavy atom. The number of hydrogen-bond acceptors (Lipinski definition) is 6. The molecule has 36 heavy (non-hydrogen) atoms. The van der Waals surface area contributed by atoms with E-state index in [4.69, 9.17) is 15.2 Å². The molecule has 2 aliphatic heterocycles. The van der Waals surface area contributed by atoms with Crippen LogP contribution in [0.3, 0.4) is 0 Å². The van der Waals surface area contributed by atoms with Gasteiger partial charge in [0.1, 0.15) is 5.82 Å². The predicted octanol–water partition coefficient (Wildman–Crippen LogP) is 4.89. The van der Waals surface area contributed by atoms with Gasteiger partial charge in [-0.1, -0.05) is 6.92 Å². The Labute approximate surface area is 206 Å². The first-order chi connectivity index (χ1) is 17.1. The normalized spacial score (nSPS) is 22.0. The highest BCUT2D eigenvalue weighted by molar-refractivity contribution is 5.99. The van der Waals surface area contributed by atoms with E-state index in [9.17, 15) is 18.0 Å². The molecule has 0 spiro atoms. The molecule has 1 saturated heterocycles. The van der Waals surface area contributed by atoms with E-state index in [0.29, 0.717) is 48.8 Å². The third-order valence-corrected chi connectivity index (χ3v) is 7.04. The van der Waals surface area contributed by atoms with Crippen molar-refractivity contribution < 1.29 is 27.4 Å². The van der Waals surface area contributed by atoms with Gasteiger partial charge in [0.2, 0.25) is 0 Å². The first-order valence-corrected chi connectivity index (χ1v) is 11.9. The van der Waals surface area contributed by atoms with Crippen molar-refractivity contribution in [3.05, 3.63) is 64.5 Å². The number of anilines is 1. The number of benzene rings is 1. The quantitative estimate of drug-likeness (QED) is 0.549. The maximum absolute atomic E-state index is 13.9. The van der Waals surface area contributed by atoms with E-state index in [2.05, 4.69) is 9.97 Å². The maximum Gasteiger partial charge on any atom is 0.417 e. The van der Waals surface area contributed by atoms with Gasteiger partial charge < -0.3 is 20.1 Å². The molecule has 1 aromatic carbocycles. The molecule has 2 N–H and O–H groups in total. The molecular formula is C26H27F3N4O3. The fourth-order valence-corrected chi connectivity index (χ4v) is 5.10. The molecule has 2 aromatic heterocycles. The molecule has 5 rings (SSSR count). The Balaban J connectivity index is 1.51. The molecule has 190 valence electrons. The Morgan fingerprint density at radius 1 is 1.22 bits per heavy atom. The van der Waals surface area contributed by atoms with E-state index >= 15 is 0 Å². The molecule has 3 aromatic rings. The van der Waals surface area contributed by atoms with E-state index in [1.807, 2.05) is 19.9 Å². The van der Waals surface area contributed by atoms with Gasteiger partial charge in [-0.15, -0.1) is 0 Å². The fraction of sp³-hybridized carbons (Fsp3) is 0.423. The molecule has 1 amide bonds. The lowest BCUT2D eigenvalue weighted by atomic mass is 9.94. The zero-order valence-corrected chi connectivity index (χ0v) is 20.0. The second-order valence-electron chi connectivity index (χ2n) is 9.45. The molecule has 2 aliphatic rings. The van der Waals surface area contributed by atoms with Gasteiger partial charge in [-0.25, -0.2) is 4.98 Å². The summed E-state index contributed by atoms with van der Waals surface area (Å²) in [4.78, 5) is 24.1. The summed E-state index contributed by atoms with van der Waals surface area (Å²) in [5.41, 5.74) is 8.62. The van der Waals surface area contributed by atoms with Crippen LogP contribution in [-0.2, 0) is 28.8 Å². The minimum atomic E-state index is -4.47. The van der Waals surface area contributed by atoms with Crippen molar-refractivity contribution >= 4 is 22.6 Å². The number of fused-ring (bicyclic) bond motifs is 3. The molecule has 7 nitrogen and oxygen atoms in total. The zero-order valence-electron chi connectivity index (χ0n) is 20.0. The number of hydrogen-bond donors (Lipinski definition) is 1. The third kappa shape index (κ3) is 4.51. The topological polar surface area (TPSA) is 90.6 Å². The molecule has 0 radical (unpaired) electrons. The summed E-state index contributed by atoms with van der Waals surface area (Å²) in [7, 11) is 0. The molecule has 4 heterocycles. The van der Waals surface area contributed by atoms with Crippen LogP contribution in [0.2, 0.25) is 0 Å². The number of nitrogen functional groups attached to an aromatic ring is 1. The van der Waals surface area contributed by atoms with Crippen LogP contribution < -0.4 is 5.73 Å². The number of aromatic nitrogens is 2. The Morgan fingerprint density at radius 2 is 2.03 bits per heavy atom. The lowest BCUT2D eigenvalue weighted by molar-refractivity contribution is -0.137. The van der Waals surface area contributed by atoms with E-state index in [1.165, 1.54) is 6.07 Å². The van der Waals surface area contributed by atoms with Crippen LogP contribution >= 0.6 is 0 Å². The van der Waals surface area contributed by atoms with Gasteiger partial charge >= 0.3 is 6.18 Å². The third-order valence-electron chi connectivity index (χ3n) is 7.04. The van der Waals surface area contributed by atoms with Gasteiger partial charge in [-0.2, -0.15) is 13.2 Å². The van der Waals surface area contributed by atoms with E-state index in [0.717, 1.165) is 28.8 Å². The lowest BCUT2D eigenvalue weighted by Crippen LogP contribution is -2.47. The second kappa shape index (κ2) is 9.33. The number of nitrogens with two attached hydrogens (primary N) is 1. The second-order valence-corrected chi connectivity index (χ2v) is 9.45. The smallest absolute Gasteiger partial charge is 0.383 e. The predicted molar refractivity (Wildman–Crippen MR) is 127 cm³/mol.